The van der Waals surface area contributed by atoms with Crippen LogP contribution in [0.1, 0.15) is 13.3 Å². The van der Waals surface area contributed by atoms with Crippen LogP contribution in [-0.4, -0.2) is 30.8 Å². The number of para-hydroxylation sites is 1. The van der Waals surface area contributed by atoms with Crippen LogP contribution in [0.3, 0.4) is 0 Å². The van der Waals surface area contributed by atoms with E-state index in [1.54, 1.807) is 0 Å². The Bertz CT molecular complexity index is 445. The molecule has 0 saturated carbocycles. The Kier molecular flexibility index (Phi) is 2.33. The van der Waals surface area contributed by atoms with Crippen molar-refractivity contribution in [3.8, 4) is 0 Å². The van der Waals surface area contributed by atoms with Crippen molar-refractivity contribution in [3.05, 3.63) is 30.3 Å². The van der Waals surface area contributed by atoms with E-state index < -0.39 is 0 Å². The third-order valence-electron chi connectivity index (χ3n) is 3.86. The Hall–Kier alpha value is -1.55. The van der Waals surface area contributed by atoms with E-state index in [9.17, 15) is 0 Å². The summed E-state index contributed by atoms with van der Waals surface area (Å²) in [7, 11) is 0. The summed E-state index contributed by atoms with van der Waals surface area (Å²) in [5, 5.41) is 0. The lowest BCUT2D eigenvalue weighted by Gasteiger charge is -2.38. The third-order valence-corrected chi connectivity index (χ3v) is 3.86. The summed E-state index contributed by atoms with van der Waals surface area (Å²) < 4.78 is 5.72. The van der Waals surface area contributed by atoms with Crippen LogP contribution in [0.5, 0.6) is 0 Å². The molecule has 0 amide bonds. The molecule has 0 radical (unpaired) electrons. The van der Waals surface area contributed by atoms with Crippen molar-refractivity contribution in [1.82, 2.24) is 0 Å². The molecule has 2 atom stereocenters. The molecule has 0 aromatic heterocycles. The molecule has 1 spiro atoms. The van der Waals surface area contributed by atoms with Crippen LogP contribution in [0.4, 0.5) is 5.69 Å². The van der Waals surface area contributed by atoms with Gasteiger partial charge in [0.05, 0.1) is 18.2 Å². The fourth-order valence-electron chi connectivity index (χ4n) is 2.83. The molecule has 1 saturated heterocycles. The quantitative estimate of drug-likeness (QED) is 0.794. The second-order valence-electron chi connectivity index (χ2n) is 4.71. The Morgan fingerprint density at radius 1 is 1.41 bits per heavy atom. The van der Waals surface area contributed by atoms with Crippen molar-refractivity contribution in [2.75, 3.05) is 18.1 Å². The van der Waals surface area contributed by atoms with E-state index in [1.165, 1.54) is 0 Å². The second kappa shape index (κ2) is 3.74. The lowest BCUT2D eigenvalue weighted by atomic mass is 9.90. The van der Waals surface area contributed by atoms with Crippen molar-refractivity contribution in [2.24, 2.45) is 10.7 Å². The van der Waals surface area contributed by atoms with Gasteiger partial charge in [0.15, 0.2) is 5.96 Å². The maximum atomic E-state index is 6.05. The maximum absolute atomic E-state index is 6.05. The highest BCUT2D eigenvalue weighted by Gasteiger charge is 2.50. The van der Waals surface area contributed by atoms with Crippen molar-refractivity contribution in [2.45, 2.75) is 25.0 Å². The minimum absolute atomic E-state index is 0.0779. The van der Waals surface area contributed by atoms with Gasteiger partial charge < -0.3 is 15.4 Å². The van der Waals surface area contributed by atoms with E-state index in [1.807, 2.05) is 18.2 Å². The normalized spacial score (nSPS) is 32.2. The number of guanidine groups is 1. The molecule has 2 N–H and O–H groups in total. The van der Waals surface area contributed by atoms with Crippen molar-refractivity contribution in [1.29, 1.82) is 0 Å². The summed E-state index contributed by atoms with van der Waals surface area (Å²) in [5.41, 5.74) is 7.07. The van der Waals surface area contributed by atoms with Gasteiger partial charge in [-0.1, -0.05) is 18.2 Å². The molecule has 0 aliphatic carbocycles. The number of hydrogen-bond acceptors (Lipinski definition) is 4. The molecule has 4 heteroatoms. The highest BCUT2D eigenvalue weighted by molar-refractivity contribution is 5.98. The Balaban J connectivity index is 2.03. The van der Waals surface area contributed by atoms with E-state index in [4.69, 9.17) is 10.5 Å². The smallest absolute Gasteiger partial charge is 0.196 e. The number of rotatable bonds is 1. The first-order chi connectivity index (χ1) is 8.24. The molecule has 2 aliphatic rings. The van der Waals surface area contributed by atoms with E-state index in [0.29, 0.717) is 5.96 Å². The van der Waals surface area contributed by atoms with Crippen molar-refractivity contribution < 1.29 is 4.74 Å². The lowest BCUT2D eigenvalue weighted by molar-refractivity contribution is 0.100. The average molecular weight is 231 g/mol. The molecule has 3 rings (SSSR count). The van der Waals surface area contributed by atoms with Crippen LogP contribution in [0.25, 0.3) is 0 Å². The number of benzene rings is 1. The molecule has 2 aliphatic heterocycles. The molecule has 1 aromatic rings. The predicted octanol–water partition coefficient (Wildman–Crippen LogP) is 1.37. The molecule has 1 aromatic carbocycles. The van der Waals surface area contributed by atoms with Gasteiger partial charge in [-0.3, -0.25) is 4.99 Å². The largest absolute Gasteiger partial charge is 0.376 e. The van der Waals surface area contributed by atoms with Gasteiger partial charge in [0, 0.05) is 12.3 Å². The van der Waals surface area contributed by atoms with Crippen LogP contribution in [0, 0.1) is 0 Å². The first-order valence-corrected chi connectivity index (χ1v) is 6.01. The monoisotopic (exact) mass is 231 g/mol. The first kappa shape index (κ1) is 10.6. The summed E-state index contributed by atoms with van der Waals surface area (Å²) >= 11 is 0. The van der Waals surface area contributed by atoms with E-state index in [2.05, 4.69) is 28.9 Å². The second-order valence-corrected chi connectivity index (χ2v) is 4.71. The van der Waals surface area contributed by atoms with Crippen LogP contribution in [0.15, 0.2) is 35.3 Å². The fourth-order valence-corrected chi connectivity index (χ4v) is 2.83. The van der Waals surface area contributed by atoms with Gasteiger partial charge in [-0.15, -0.1) is 0 Å². The number of nitrogens with zero attached hydrogens (tertiary/aromatic N) is 2. The van der Waals surface area contributed by atoms with Gasteiger partial charge in [-0.05, 0) is 25.5 Å². The lowest BCUT2D eigenvalue weighted by Crippen LogP contribution is -2.56. The van der Waals surface area contributed by atoms with Crippen molar-refractivity contribution in [3.63, 3.8) is 0 Å². The Morgan fingerprint density at radius 2 is 2.18 bits per heavy atom. The van der Waals surface area contributed by atoms with Crippen LogP contribution >= 0.6 is 0 Å². The molecule has 17 heavy (non-hydrogen) atoms. The van der Waals surface area contributed by atoms with E-state index in [0.717, 1.165) is 25.3 Å². The molecular weight excluding hydrogens is 214 g/mol. The molecule has 1 fully saturated rings. The number of ether oxygens (including phenoxy) is 1. The minimum atomic E-state index is -0.0779. The summed E-state index contributed by atoms with van der Waals surface area (Å²) in [6.07, 6.45) is 1.14. The summed E-state index contributed by atoms with van der Waals surface area (Å²) in [6.45, 7) is 3.62. The fraction of sp³-hybridized carbons (Fsp3) is 0.462. The van der Waals surface area contributed by atoms with Crippen molar-refractivity contribution >= 4 is 11.6 Å². The van der Waals surface area contributed by atoms with Gasteiger partial charge in [0.1, 0.15) is 0 Å². The maximum Gasteiger partial charge on any atom is 0.196 e. The molecule has 2 heterocycles. The van der Waals surface area contributed by atoms with Gasteiger partial charge in [-0.25, -0.2) is 0 Å². The summed E-state index contributed by atoms with van der Waals surface area (Å²) in [5.74, 6) is 0.605. The summed E-state index contributed by atoms with van der Waals surface area (Å²) in [6, 6.07) is 10.2. The van der Waals surface area contributed by atoms with Gasteiger partial charge in [0.2, 0.25) is 0 Å². The molecule has 0 bridgehead atoms. The highest BCUT2D eigenvalue weighted by Crippen LogP contribution is 2.38. The van der Waals surface area contributed by atoms with Gasteiger partial charge in [0.25, 0.3) is 0 Å². The molecule has 2 unspecified atom stereocenters. The van der Waals surface area contributed by atoms with Crippen LogP contribution in [-0.2, 0) is 4.74 Å². The molecule has 90 valence electrons. The average Bonchev–Trinajstić information content (AvgIpc) is 2.87. The minimum Gasteiger partial charge on any atom is -0.376 e. The third kappa shape index (κ3) is 1.44. The zero-order valence-electron chi connectivity index (χ0n) is 9.97. The molecular formula is C13H17N3O. The predicted molar refractivity (Wildman–Crippen MR) is 68.2 cm³/mol. The SMILES string of the molecule is CC1OCCC12CN=C(N)N2c1ccccc1. The number of anilines is 1. The number of hydrogen-bond donors (Lipinski definition) is 1. The van der Waals surface area contributed by atoms with E-state index in [-0.39, 0.29) is 11.6 Å². The number of aliphatic imine (C=N–C) groups is 1. The van der Waals surface area contributed by atoms with Gasteiger partial charge >= 0.3 is 0 Å². The number of nitrogens with two attached hydrogens (primary N) is 1. The van der Waals surface area contributed by atoms with Gasteiger partial charge in [-0.2, -0.15) is 0 Å². The summed E-state index contributed by atoms with van der Waals surface area (Å²) in [4.78, 5) is 6.56. The standard InChI is InChI=1S/C13H17N3O/c1-10-13(7-8-17-10)9-15-12(14)16(13)11-5-3-2-4-6-11/h2-6,10H,7-9H2,1H3,(H2,14,15). The Morgan fingerprint density at radius 3 is 2.82 bits per heavy atom. The Labute approximate surface area is 101 Å². The molecule has 4 nitrogen and oxygen atoms in total. The first-order valence-electron chi connectivity index (χ1n) is 6.01. The zero-order chi connectivity index (χ0) is 11.9. The highest BCUT2D eigenvalue weighted by atomic mass is 16.5. The zero-order valence-corrected chi connectivity index (χ0v) is 9.97. The van der Waals surface area contributed by atoms with E-state index >= 15 is 0 Å². The van der Waals surface area contributed by atoms with Crippen LogP contribution in [0.2, 0.25) is 0 Å². The van der Waals surface area contributed by atoms with Crippen LogP contribution < -0.4 is 10.6 Å². The topological polar surface area (TPSA) is 50.9 Å².